The molecule has 0 spiro atoms. The third-order valence-electron chi connectivity index (χ3n) is 2.90. The van der Waals surface area contributed by atoms with Gasteiger partial charge in [0.1, 0.15) is 5.82 Å². The van der Waals surface area contributed by atoms with Crippen LogP contribution in [-0.2, 0) is 6.18 Å². The summed E-state index contributed by atoms with van der Waals surface area (Å²) >= 11 is 2.70. The van der Waals surface area contributed by atoms with E-state index in [9.17, 15) is 22.4 Å². The standard InChI is InChI=1S/C14H6F4OS2/c15-9-5-7(1-2-8(9)14(16,17)18)13(19)12-6-11-10(21-12)3-4-20-11/h1-6H. The van der Waals surface area contributed by atoms with Crippen molar-refractivity contribution in [3.05, 3.63) is 57.5 Å². The van der Waals surface area contributed by atoms with E-state index in [1.165, 1.54) is 22.7 Å². The summed E-state index contributed by atoms with van der Waals surface area (Å²) in [6.07, 6.45) is -4.77. The molecule has 0 saturated heterocycles. The number of rotatable bonds is 2. The Labute approximate surface area is 124 Å². The first-order chi connectivity index (χ1) is 9.86. The lowest BCUT2D eigenvalue weighted by Crippen LogP contribution is -2.09. The molecule has 2 heterocycles. The molecule has 0 aliphatic rings. The second-order valence-corrected chi connectivity index (χ2v) is 6.31. The first-order valence-electron chi connectivity index (χ1n) is 5.75. The van der Waals surface area contributed by atoms with Crippen molar-refractivity contribution in [2.45, 2.75) is 6.18 Å². The smallest absolute Gasteiger partial charge is 0.288 e. The van der Waals surface area contributed by atoms with Gasteiger partial charge in [0.25, 0.3) is 0 Å². The summed E-state index contributed by atoms with van der Waals surface area (Å²) in [5.41, 5.74) is -1.46. The third kappa shape index (κ3) is 2.58. The van der Waals surface area contributed by atoms with Crippen molar-refractivity contribution in [1.29, 1.82) is 0 Å². The van der Waals surface area contributed by atoms with Crippen molar-refractivity contribution in [3.8, 4) is 0 Å². The van der Waals surface area contributed by atoms with Crippen LogP contribution in [0.3, 0.4) is 0 Å². The number of halogens is 4. The fraction of sp³-hybridized carbons (Fsp3) is 0.0714. The van der Waals surface area contributed by atoms with E-state index < -0.39 is 23.3 Å². The normalized spacial score (nSPS) is 12.0. The molecule has 3 aromatic rings. The zero-order valence-electron chi connectivity index (χ0n) is 10.2. The SMILES string of the molecule is O=C(c1ccc(C(F)(F)F)c(F)c1)c1cc2sccc2s1. The highest BCUT2D eigenvalue weighted by Gasteiger charge is 2.34. The quantitative estimate of drug-likeness (QED) is 0.457. The molecule has 0 fully saturated rings. The topological polar surface area (TPSA) is 17.1 Å². The van der Waals surface area contributed by atoms with E-state index in [1.807, 2.05) is 11.4 Å². The lowest BCUT2D eigenvalue weighted by Gasteiger charge is -2.08. The van der Waals surface area contributed by atoms with Crippen LogP contribution in [-0.4, -0.2) is 5.78 Å². The molecule has 0 atom stereocenters. The van der Waals surface area contributed by atoms with Gasteiger partial charge in [0.2, 0.25) is 5.78 Å². The van der Waals surface area contributed by atoms with Crippen LogP contribution in [0.4, 0.5) is 17.6 Å². The number of benzene rings is 1. The summed E-state index contributed by atoms with van der Waals surface area (Å²) in [5.74, 6) is -1.91. The van der Waals surface area contributed by atoms with Gasteiger partial charge in [-0.3, -0.25) is 4.79 Å². The summed E-state index contributed by atoms with van der Waals surface area (Å²) < 4.78 is 52.8. The average molecular weight is 330 g/mol. The largest absolute Gasteiger partial charge is 0.419 e. The van der Waals surface area contributed by atoms with Crippen LogP contribution < -0.4 is 0 Å². The van der Waals surface area contributed by atoms with Crippen LogP contribution in [0.2, 0.25) is 0 Å². The second kappa shape index (κ2) is 4.92. The number of hydrogen-bond donors (Lipinski definition) is 0. The molecule has 0 bridgehead atoms. The summed E-state index contributed by atoms with van der Waals surface area (Å²) in [6, 6.07) is 5.76. The summed E-state index contributed by atoms with van der Waals surface area (Å²) in [6.45, 7) is 0. The highest BCUT2D eigenvalue weighted by molar-refractivity contribution is 7.28. The number of carbonyl (C=O) groups excluding carboxylic acids is 1. The van der Waals surface area contributed by atoms with E-state index in [1.54, 1.807) is 6.07 Å². The van der Waals surface area contributed by atoms with E-state index in [2.05, 4.69) is 0 Å². The fourth-order valence-electron chi connectivity index (χ4n) is 1.91. The molecule has 21 heavy (non-hydrogen) atoms. The molecular weight excluding hydrogens is 324 g/mol. The van der Waals surface area contributed by atoms with E-state index in [4.69, 9.17) is 0 Å². The van der Waals surface area contributed by atoms with Gasteiger partial charge in [0.15, 0.2) is 0 Å². The first-order valence-corrected chi connectivity index (χ1v) is 7.44. The van der Waals surface area contributed by atoms with Gasteiger partial charge in [0.05, 0.1) is 10.4 Å². The van der Waals surface area contributed by atoms with Gasteiger partial charge < -0.3 is 0 Å². The monoisotopic (exact) mass is 330 g/mol. The van der Waals surface area contributed by atoms with Crippen molar-refractivity contribution in [1.82, 2.24) is 0 Å². The number of thiophene rings is 2. The molecule has 0 amide bonds. The van der Waals surface area contributed by atoms with Crippen LogP contribution >= 0.6 is 22.7 Å². The maximum atomic E-state index is 13.5. The predicted molar refractivity (Wildman–Crippen MR) is 74.5 cm³/mol. The van der Waals surface area contributed by atoms with E-state index >= 15 is 0 Å². The number of fused-ring (bicyclic) bond motifs is 1. The van der Waals surface area contributed by atoms with Crippen molar-refractivity contribution in [3.63, 3.8) is 0 Å². The van der Waals surface area contributed by atoms with E-state index in [0.717, 1.165) is 15.5 Å². The number of ketones is 1. The van der Waals surface area contributed by atoms with Gasteiger partial charge in [-0.05, 0) is 29.6 Å². The Morgan fingerprint density at radius 2 is 1.81 bits per heavy atom. The minimum atomic E-state index is -4.77. The number of alkyl halides is 3. The van der Waals surface area contributed by atoms with Crippen LogP contribution in [0.15, 0.2) is 35.7 Å². The zero-order valence-corrected chi connectivity index (χ0v) is 11.8. The highest BCUT2D eigenvalue weighted by Crippen LogP contribution is 2.34. The predicted octanol–water partition coefficient (Wildman–Crippen LogP) is 5.35. The molecule has 0 aliphatic heterocycles. The number of hydrogen-bond acceptors (Lipinski definition) is 3. The lowest BCUT2D eigenvalue weighted by atomic mass is 10.1. The minimum absolute atomic E-state index is 0.0885. The molecule has 0 saturated carbocycles. The molecule has 0 unspecified atom stereocenters. The van der Waals surface area contributed by atoms with Crippen LogP contribution in [0.1, 0.15) is 20.8 Å². The molecule has 0 N–H and O–H groups in total. The Balaban J connectivity index is 1.98. The van der Waals surface area contributed by atoms with Crippen LogP contribution in [0, 0.1) is 5.82 Å². The Morgan fingerprint density at radius 1 is 1.05 bits per heavy atom. The molecule has 0 radical (unpaired) electrons. The molecule has 108 valence electrons. The van der Waals surface area contributed by atoms with Crippen molar-refractivity contribution >= 4 is 37.9 Å². The molecule has 0 aliphatic carbocycles. The molecule has 7 heteroatoms. The molecule has 2 aromatic heterocycles. The summed E-state index contributed by atoms with van der Waals surface area (Å²) in [7, 11) is 0. The minimum Gasteiger partial charge on any atom is -0.288 e. The third-order valence-corrected chi connectivity index (χ3v) is 4.99. The van der Waals surface area contributed by atoms with Crippen molar-refractivity contribution < 1.29 is 22.4 Å². The molecular formula is C14H6F4OS2. The van der Waals surface area contributed by atoms with Gasteiger partial charge in [-0.2, -0.15) is 13.2 Å². The maximum absolute atomic E-state index is 13.5. The lowest BCUT2D eigenvalue weighted by molar-refractivity contribution is -0.140. The molecule has 1 aromatic carbocycles. The van der Waals surface area contributed by atoms with E-state index in [-0.39, 0.29) is 5.56 Å². The van der Waals surface area contributed by atoms with Crippen LogP contribution in [0.25, 0.3) is 9.40 Å². The zero-order chi connectivity index (χ0) is 15.2. The Morgan fingerprint density at radius 3 is 2.43 bits per heavy atom. The fourth-order valence-corrected chi connectivity index (χ4v) is 3.98. The Kier molecular flexibility index (Phi) is 3.33. The molecule has 3 rings (SSSR count). The Hall–Kier alpha value is -1.73. The van der Waals surface area contributed by atoms with Gasteiger partial charge in [-0.15, -0.1) is 22.7 Å². The van der Waals surface area contributed by atoms with Gasteiger partial charge in [0, 0.05) is 15.0 Å². The maximum Gasteiger partial charge on any atom is 0.419 e. The average Bonchev–Trinajstić information content (AvgIpc) is 2.96. The summed E-state index contributed by atoms with van der Waals surface area (Å²) in [5, 5.41) is 1.88. The molecule has 1 nitrogen and oxygen atoms in total. The Bertz CT molecular complexity index is 800. The highest BCUT2D eigenvalue weighted by atomic mass is 32.1. The van der Waals surface area contributed by atoms with Crippen LogP contribution in [0.5, 0.6) is 0 Å². The first kappa shape index (κ1) is 14.2. The van der Waals surface area contributed by atoms with Gasteiger partial charge >= 0.3 is 6.18 Å². The second-order valence-electron chi connectivity index (χ2n) is 4.28. The number of carbonyl (C=O) groups is 1. The van der Waals surface area contributed by atoms with Gasteiger partial charge in [-0.1, -0.05) is 6.07 Å². The van der Waals surface area contributed by atoms with Crippen molar-refractivity contribution in [2.75, 3.05) is 0 Å². The van der Waals surface area contributed by atoms with Crippen molar-refractivity contribution in [2.24, 2.45) is 0 Å². The van der Waals surface area contributed by atoms with E-state index in [0.29, 0.717) is 17.0 Å². The van der Waals surface area contributed by atoms with Gasteiger partial charge in [-0.25, -0.2) is 4.39 Å². The summed E-state index contributed by atoms with van der Waals surface area (Å²) in [4.78, 5) is 12.6.